The molecule has 0 saturated carbocycles. The highest BCUT2D eigenvalue weighted by molar-refractivity contribution is 5.92. The molecule has 1 N–H and O–H groups in total. The molecule has 0 spiro atoms. The number of likely N-dealkylation sites (tertiary alicyclic amines) is 2. The van der Waals surface area contributed by atoms with Gasteiger partial charge >= 0.3 is 0 Å². The normalized spacial score (nSPS) is 28.1. The van der Waals surface area contributed by atoms with E-state index >= 15 is 0 Å². The van der Waals surface area contributed by atoms with Crippen LogP contribution in [-0.2, 0) is 0 Å². The van der Waals surface area contributed by atoms with E-state index in [9.17, 15) is 4.79 Å². The molecule has 146 valence electrons. The molecule has 0 aliphatic carbocycles. The van der Waals surface area contributed by atoms with Gasteiger partial charge in [-0.3, -0.25) is 9.48 Å². The Morgan fingerprint density at radius 3 is 2.65 bits per heavy atom. The maximum Gasteiger partial charge on any atom is 0.274 e. The minimum Gasteiger partial charge on any atom is -0.337 e. The first-order valence-corrected chi connectivity index (χ1v) is 9.94. The third kappa shape index (κ3) is 4.24. The van der Waals surface area contributed by atoms with Gasteiger partial charge in [0, 0.05) is 25.8 Å². The molecule has 6 nitrogen and oxygen atoms in total. The fourth-order valence-corrected chi connectivity index (χ4v) is 4.73. The average molecular weight is 382 g/mol. The van der Waals surface area contributed by atoms with Crippen LogP contribution in [0, 0.1) is 11.8 Å². The summed E-state index contributed by atoms with van der Waals surface area (Å²) in [6, 6.07) is 2.29. The second kappa shape index (κ2) is 8.72. The van der Waals surface area contributed by atoms with Crippen molar-refractivity contribution >= 4 is 18.3 Å². The standard InChI is InChI=1S/C19H31N5O.ClH/c1-22-9-4-15(5-10-22)16-6-11-23(14-16)19(25)18-7-12-24(21-18)17-3-2-8-20-13-17;/h7,12,15-17,20H,2-6,8-11,13-14H2,1H3;1H. The van der Waals surface area contributed by atoms with E-state index in [4.69, 9.17) is 0 Å². The summed E-state index contributed by atoms with van der Waals surface area (Å²) in [6.45, 7) is 6.27. The lowest BCUT2D eigenvalue weighted by Crippen LogP contribution is -2.35. The Bertz CT molecular complexity index is 593. The number of hydrogen-bond acceptors (Lipinski definition) is 4. The third-order valence-electron chi connectivity index (χ3n) is 6.41. The quantitative estimate of drug-likeness (QED) is 0.870. The molecule has 3 aliphatic rings. The van der Waals surface area contributed by atoms with E-state index in [1.54, 1.807) is 0 Å². The van der Waals surface area contributed by atoms with Crippen LogP contribution in [0.1, 0.15) is 48.6 Å². The number of rotatable bonds is 3. The first-order valence-electron chi connectivity index (χ1n) is 9.94. The molecule has 7 heteroatoms. The molecule has 1 aromatic rings. The van der Waals surface area contributed by atoms with Gasteiger partial charge < -0.3 is 15.1 Å². The van der Waals surface area contributed by atoms with Crippen molar-refractivity contribution in [2.75, 3.05) is 46.3 Å². The molecule has 2 atom stereocenters. The summed E-state index contributed by atoms with van der Waals surface area (Å²) < 4.78 is 1.99. The smallest absolute Gasteiger partial charge is 0.274 e. The van der Waals surface area contributed by atoms with Crippen molar-refractivity contribution in [2.45, 2.75) is 38.1 Å². The van der Waals surface area contributed by atoms with Crippen LogP contribution >= 0.6 is 12.4 Å². The Morgan fingerprint density at radius 1 is 1.15 bits per heavy atom. The van der Waals surface area contributed by atoms with Crippen LogP contribution in [0.25, 0.3) is 0 Å². The molecule has 0 aromatic carbocycles. The molecule has 3 fully saturated rings. The Labute approximate surface area is 162 Å². The monoisotopic (exact) mass is 381 g/mol. The van der Waals surface area contributed by atoms with Crippen LogP contribution in [0.2, 0.25) is 0 Å². The largest absolute Gasteiger partial charge is 0.337 e. The van der Waals surface area contributed by atoms with E-state index in [-0.39, 0.29) is 18.3 Å². The van der Waals surface area contributed by atoms with Crippen LogP contribution < -0.4 is 5.32 Å². The third-order valence-corrected chi connectivity index (χ3v) is 6.41. The van der Waals surface area contributed by atoms with E-state index in [1.807, 2.05) is 21.8 Å². The lowest BCUT2D eigenvalue weighted by atomic mass is 9.84. The van der Waals surface area contributed by atoms with Crippen molar-refractivity contribution in [1.29, 1.82) is 0 Å². The maximum absolute atomic E-state index is 12.8. The van der Waals surface area contributed by atoms with Gasteiger partial charge in [-0.15, -0.1) is 12.4 Å². The second-order valence-corrected chi connectivity index (χ2v) is 8.12. The maximum atomic E-state index is 12.8. The Morgan fingerprint density at radius 2 is 1.92 bits per heavy atom. The number of piperidine rings is 2. The molecule has 4 heterocycles. The van der Waals surface area contributed by atoms with Gasteiger partial charge in [-0.2, -0.15) is 5.10 Å². The summed E-state index contributed by atoms with van der Waals surface area (Å²) in [6.07, 6.45) is 8.03. The van der Waals surface area contributed by atoms with Gasteiger partial charge in [-0.25, -0.2) is 0 Å². The zero-order valence-corrected chi connectivity index (χ0v) is 16.6. The molecule has 3 saturated heterocycles. The van der Waals surface area contributed by atoms with Gasteiger partial charge in [0.1, 0.15) is 5.69 Å². The van der Waals surface area contributed by atoms with Crippen LogP contribution in [0.5, 0.6) is 0 Å². The van der Waals surface area contributed by atoms with Crippen LogP contribution in [0.4, 0.5) is 0 Å². The van der Waals surface area contributed by atoms with Crippen molar-refractivity contribution in [3.8, 4) is 0 Å². The van der Waals surface area contributed by atoms with Gasteiger partial charge in [0.05, 0.1) is 6.04 Å². The van der Waals surface area contributed by atoms with Crippen LogP contribution in [0.15, 0.2) is 12.3 Å². The predicted molar refractivity (Wildman–Crippen MR) is 105 cm³/mol. The van der Waals surface area contributed by atoms with Crippen molar-refractivity contribution in [2.24, 2.45) is 11.8 Å². The molecular formula is C19H32ClN5O. The SMILES string of the molecule is CN1CCC(C2CCN(C(=O)c3ccn(C4CCCNC4)n3)C2)CC1.Cl. The number of amides is 1. The molecule has 0 bridgehead atoms. The number of carbonyl (C=O) groups excluding carboxylic acids is 1. The summed E-state index contributed by atoms with van der Waals surface area (Å²) in [5.41, 5.74) is 0.620. The summed E-state index contributed by atoms with van der Waals surface area (Å²) in [7, 11) is 2.21. The highest BCUT2D eigenvalue weighted by Gasteiger charge is 2.34. The summed E-state index contributed by atoms with van der Waals surface area (Å²) in [5, 5.41) is 8.02. The fourth-order valence-electron chi connectivity index (χ4n) is 4.73. The first kappa shape index (κ1) is 19.6. The highest BCUT2D eigenvalue weighted by Crippen LogP contribution is 2.32. The van der Waals surface area contributed by atoms with Gasteiger partial charge in [-0.05, 0) is 76.7 Å². The van der Waals surface area contributed by atoms with Crippen molar-refractivity contribution < 1.29 is 4.79 Å². The van der Waals surface area contributed by atoms with Crippen LogP contribution in [0.3, 0.4) is 0 Å². The number of aromatic nitrogens is 2. The Hall–Kier alpha value is -1.11. The molecular weight excluding hydrogens is 350 g/mol. The summed E-state index contributed by atoms with van der Waals surface area (Å²) in [5.74, 6) is 1.60. The van der Waals surface area contributed by atoms with Crippen molar-refractivity contribution in [3.63, 3.8) is 0 Å². The van der Waals surface area contributed by atoms with Gasteiger partial charge in [0.15, 0.2) is 0 Å². The number of hydrogen-bond donors (Lipinski definition) is 1. The predicted octanol–water partition coefficient (Wildman–Crippen LogP) is 2.03. The number of halogens is 1. The van der Waals surface area contributed by atoms with E-state index in [1.165, 1.54) is 32.4 Å². The minimum atomic E-state index is 0. The fraction of sp³-hybridized carbons (Fsp3) is 0.789. The van der Waals surface area contributed by atoms with E-state index in [0.717, 1.165) is 44.9 Å². The zero-order valence-electron chi connectivity index (χ0n) is 15.8. The molecule has 1 aromatic heterocycles. The van der Waals surface area contributed by atoms with Crippen LogP contribution in [-0.4, -0.2) is 71.8 Å². The summed E-state index contributed by atoms with van der Waals surface area (Å²) in [4.78, 5) is 17.3. The Kier molecular flexibility index (Phi) is 6.59. The van der Waals surface area contributed by atoms with Gasteiger partial charge in [-0.1, -0.05) is 0 Å². The van der Waals surface area contributed by atoms with Crippen molar-refractivity contribution in [3.05, 3.63) is 18.0 Å². The van der Waals surface area contributed by atoms with Gasteiger partial charge in [0.2, 0.25) is 0 Å². The highest BCUT2D eigenvalue weighted by atomic mass is 35.5. The zero-order chi connectivity index (χ0) is 17.2. The average Bonchev–Trinajstić information content (AvgIpc) is 3.33. The van der Waals surface area contributed by atoms with Crippen molar-refractivity contribution in [1.82, 2.24) is 24.9 Å². The molecule has 0 radical (unpaired) electrons. The lowest BCUT2D eigenvalue weighted by Gasteiger charge is -2.32. The molecule has 4 rings (SSSR count). The number of nitrogens with one attached hydrogen (secondary N) is 1. The number of carbonyl (C=O) groups is 1. The minimum absolute atomic E-state index is 0. The van der Waals surface area contributed by atoms with Gasteiger partial charge in [0.25, 0.3) is 5.91 Å². The molecule has 26 heavy (non-hydrogen) atoms. The first-order chi connectivity index (χ1) is 12.2. The second-order valence-electron chi connectivity index (χ2n) is 8.12. The molecule has 2 unspecified atom stereocenters. The lowest BCUT2D eigenvalue weighted by molar-refractivity contribution is 0.0768. The topological polar surface area (TPSA) is 53.4 Å². The van der Waals surface area contributed by atoms with E-state index in [0.29, 0.717) is 17.7 Å². The molecule has 3 aliphatic heterocycles. The Balaban J connectivity index is 0.00000196. The molecule has 1 amide bonds. The number of nitrogens with zero attached hydrogens (tertiary/aromatic N) is 4. The van der Waals surface area contributed by atoms with E-state index < -0.39 is 0 Å². The van der Waals surface area contributed by atoms with E-state index in [2.05, 4.69) is 22.4 Å². The summed E-state index contributed by atoms with van der Waals surface area (Å²) >= 11 is 0.